The van der Waals surface area contributed by atoms with E-state index in [4.69, 9.17) is 11.6 Å². The highest BCUT2D eigenvalue weighted by molar-refractivity contribution is 6.33. The van der Waals surface area contributed by atoms with Gasteiger partial charge in [-0.2, -0.15) is 0 Å². The first-order chi connectivity index (χ1) is 12.9. The van der Waals surface area contributed by atoms with Crippen LogP contribution in [0.4, 0.5) is 5.69 Å². The zero-order valence-corrected chi connectivity index (χ0v) is 16.7. The number of carbonyl (C=O) groups is 2. The van der Waals surface area contributed by atoms with E-state index in [9.17, 15) is 9.59 Å². The Bertz CT molecular complexity index is 765. The van der Waals surface area contributed by atoms with E-state index in [1.54, 1.807) is 31.3 Å². The molecule has 0 fully saturated rings. The molecule has 6 heteroatoms. The standard InChI is InChI=1S/C21H26ClN3O2/c1-16(2)25(13-17-9-5-4-6-10-17)15-21(27)24(3)14-20(26)23-19-12-8-7-11-18(19)22/h4-12,16H,13-15H2,1-3H3,(H,23,26). The second-order valence-electron chi connectivity index (χ2n) is 6.76. The van der Waals surface area contributed by atoms with Gasteiger partial charge in [-0.05, 0) is 31.5 Å². The third-order valence-corrected chi connectivity index (χ3v) is 4.58. The molecule has 0 aliphatic carbocycles. The first-order valence-electron chi connectivity index (χ1n) is 8.93. The van der Waals surface area contributed by atoms with E-state index in [0.717, 1.165) is 5.56 Å². The number of halogens is 1. The maximum Gasteiger partial charge on any atom is 0.244 e. The Morgan fingerprint density at radius 2 is 1.63 bits per heavy atom. The molecular weight excluding hydrogens is 362 g/mol. The van der Waals surface area contributed by atoms with Gasteiger partial charge < -0.3 is 10.2 Å². The lowest BCUT2D eigenvalue weighted by molar-refractivity contribution is -0.134. The van der Waals surface area contributed by atoms with Crippen molar-refractivity contribution in [1.82, 2.24) is 9.80 Å². The summed E-state index contributed by atoms with van der Waals surface area (Å²) in [7, 11) is 1.63. The maximum absolute atomic E-state index is 12.6. The van der Waals surface area contributed by atoms with Crippen LogP contribution in [-0.4, -0.2) is 47.8 Å². The summed E-state index contributed by atoms with van der Waals surface area (Å²) in [4.78, 5) is 28.3. The quantitative estimate of drug-likeness (QED) is 0.752. The highest BCUT2D eigenvalue weighted by Crippen LogP contribution is 2.20. The Hall–Kier alpha value is -2.37. The molecule has 144 valence electrons. The molecule has 0 aromatic heterocycles. The van der Waals surface area contributed by atoms with E-state index < -0.39 is 0 Å². The Balaban J connectivity index is 1.90. The van der Waals surface area contributed by atoms with Crippen molar-refractivity contribution in [2.75, 3.05) is 25.5 Å². The normalized spacial score (nSPS) is 10.9. The Kier molecular flexibility index (Phi) is 7.82. The van der Waals surface area contributed by atoms with Crippen molar-refractivity contribution >= 4 is 29.1 Å². The largest absolute Gasteiger partial charge is 0.335 e. The summed E-state index contributed by atoms with van der Waals surface area (Å²) in [6.07, 6.45) is 0. The summed E-state index contributed by atoms with van der Waals surface area (Å²) in [5.41, 5.74) is 1.69. The number of para-hydroxylation sites is 1. The van der Waals surface area contributed by atoms with Gasteiger partial charge >= 0.3 is 0 Å². The van der Waals surface area contributed by atoms with Crippen LogP contribution in [0.5, 0.6) is 0 Å². The Labute approximate surface area is 165 Å². The minimum Gasteiger partial charge on any atom is -0.335 e. The minimum atomic E-state index is -0.280. The fourth-order valence-electron chi connectivity index (χ4n) is 2.59. The summed E-state index contributed by atoms with van der Waals surface area (Å²) >= 11 is 6.05. The van der Waals surface area contributed by atoms with Crippen LogP contribution in [0.15, 0.2) is 54.6 Å². The van der Waals surface area contributed by atoms with Crippen molar-refractivity contribution < 1.29 is 9.59 Å². The number of hydrogen-bond acceptors (Lipinski definition) is 3. The molecule has 2 rings (SSSR count). The number of anilines is 1. The molecule has 2 aromatic rings. The third kappa shape index (κ3) is 6.70. The van der Waals surface area contributed by atoms with Crippen molar-refractivity contribution in [1.29, 1.82) is 0 Å². The van der Waals surface area contributed by atoms with Crippen LogP contribution in [0, 0.1) is 0 Å². The van der Waals surface area contributed by atoms with Gasteiger partial charge in [0.15, 0.2) is 0 Å². The SMILES string of the molecule is CC(C)N(CC(=O)N(C)CC(=O)Nc1ccccc1Cl)Cc1ccccc1. The van der Waals surface area contributed by atoms with Gasteiger partial charge in [0.05, 0.1) is 23.8 Å². The lowest BCUT2D eigenvalue weighted by atomic mass is 10.2. The first kappa shape index (κ1) is 20.9. The molecule has 1 N–H and O–H groups in total. The first-order valence-corrected chi connectivity index (χ1v) is 9.31. The average molecular weight is 388 g/mol. The molecule has 0 saturated carbocycles. The number of nitrogens with zero attached hydrogens (tertiary/aromatic N) is 2. The minimum absolute atomic E-state index is 0.0265. The molecule has 0 heterocycles. The predicted octanol–water partition coefficient (Wildman–Crippen LogP) is 3.65. The molecule has 0 aliphatic rings. The molecule has 2 aromatic carbocycles. The highest BCUT2D eigenvalue weighted by Gasteiger charge is 2.19. The molecule has 0 radical (unpaired) electrons. The van der Waals surface area contributed by atoms with Crippen LogP contribution in [0.2, 0.25) is 5.02 Å². The summed E-state index contributed by atoms with van der Waals surface area (Å²) in [6, 6.07) is 17.3. The van der Waals surface area contributed by atoms with E-state index in [1.807, 2.05) is 30.3 Å². The van der Waals surface area contributed by atoms with Crippen molar-refractivity contribution in [2.45, 2.75) is 26.4 Å². The number of carbonyl (C=O) groups excluding carboxylic acids is 2. The molecule has 0 aliphatic heterocycles. The van der Waals surface area contributed by atoms with Crippen LogP contribution < -0.4 is 5.32 Å². The molecular formula is C21H26ClN3O2. The summed E-state index contributed by atoms with van der Waals surface area (Å²) < 4.78 is 0. The molecule has 0 saturated heterocycles. The monoisotopic (exact) mass is 387 g/mol. The van der Waals surface area contributed by atoms with E-state index in [2.05, 4.69) is 24.1 Å². The van der Waals surface area contributed by atoms with Gasteiger partial charge in [-0.1, -0.05) is 54.1 Å². The summed E-state index contributed by atoms with van der Waals surface area (Å²) in [5, 5.41) is 3.20. The van der Waals surface area contributed by atoms with Gasteiger partial charge in [-0.25, -0.2) is 0 Å². The zero-order valence-electron chi connectivity index (χ0n) is 16.0. The topological polar surface area (TPSA) is 52.7 Å². The van der Waals surface area contributed by atoms with E-state index in [-0.39, 0.29) is 30.9 Å². The number of benzene rings is 2. The lowest BCUT2D eigenvalue weighted by Crippen LogP contribution is -2.43. The van der Waals surface area contributed by atoms with Crippen LogP contribution in [0.25, 0.3) is 0 Å². The summed E-state index contributed by atoms with van der Waals surface area (Å²) in [6.45, 7) is 5.02. The van der Waals surface area contributed by atoms with Gasteiger partial charge in [0.25, 0.3) is 0 Å². The van der Waals surface area contributed by atoms with E-state index in [1.165, 1.54) is 4.90 Å². The van der Waals surface area contributed by atoms with Crippen molar-refractivity contribution in [3.63, 3.8) is 0 Å². The number of rotatable bonds is 8. The van der Waals surface area contributed by atoms with Crippen molar-refractivity contribution in [2.24, 2.45) is 0 Å². The number of likely N-dealkylation sites (N-methyl/N-ethyl adjacent to an activating group) is 1. The predicted molar refractivity (Wildman–Crippen MR) is 110 cm³/mol. The van der Waals surface area contributed by atoms with Gasteiger partial charge in [-0.15, -0.1) is 0 Å². The van der Waals surface area contributed by atoms with Crippen LogP contribution >= 0.6 is 11.6 Å². The lowest BCUT2D eigenvalue weighted by Gasteiger charge is -2.28. The van der Waals surface area contributed by atoms with Gasteiger partial charge in [0.1, 0.15) is 0 Å². The molecule has 0 atom stereocenters. The molecule has 27 heavy (non-hydrogen) atoms. The zero-order chi connectivity index (χ0) is 19.8. The summed E-state index contributed by atoms with van der Waals surface area (Å²) in [5.74, 6) is -0.382. The van der Waals surface area contributed by atoms with Crippen molar-refractivity contribution in [3.05, 3.63) is 65.2 Å². The van der Waals surface area contributed by atoms with E-state index >= 15 is 0 Å². The Morgan fingerprint density at radius 3 is 2.26 bits per heavy atom. The molecule has 5 nitrogen and oxygen atoms in total. The molecule has 0 bridgehead atoms. The Morgan fingerprint density at radius 1 is 1.00 bits per heavy atom. The van der Waals surface area contributed by atoms with Crippen molar-refractivity contribution in [3.8, 4) is 0 Å². The molecule has 0 spiro atoms. The number of amides is 2. The van der Waals surface area contributed by atoms with Crippen LogP contribution in [0.3, 0.4) is 0 Å². The number of nitrogens with one attached hydrogen (secondary N) is 1. The van der Waals surface area contributed by atoms with Gasteiger partial charge in [-0.3, -0.25) is 14.5 Å². The highest BCUT2D eigenvalue weighted by atomic mass is 35.5. The van der Waals surface area contributed by atoms with Gasteiger partial charge in [0.2, 0.25) is 11.8 Å². The number of hydrogen-bond donors (Lipinski definition) is 1. The smallest absolute Gasteiger partial charge is 0.244 e. The average Bonchev–Trinajstić information content (AvgIpc) is 2.63. The van der Waals surface area contributed by atoms with E-state index in [0.29, 0.717) is 17.3 Å². The van der Waals surface area contributed by atoms with Crippen LogP contribution in [0.1, 0.15) is 19.4 Å². The second kappa shape index (κ2) is 10.1. The fourth-order valence-corrected chi connectivity index (χ4v) is 2.77. The third-order valence-electron chi connectivity index (χ3n) is 4.25. The van der Waals surface area contributed by atoms with Crippen LogP contribution in [-0.2, 0) is 16.1 Å². The molecule has 0 unspecified atom stereocenters. The second-order valence-corrected chi connectivity index (χ2v) is 7.17. The fraction of sp³-hybridized carbons (Fsp3) is 0.333. The maximum atomic E-state index is 12.6. The molecule has 2 amide bonds. The van der Waals surface area contributed by atoms with Gasteiger partial charge in [0, 0.05) is 19.6 Å².